The monoisotopic (exact) mass is 322 g/mol. The predicted molar refractivity (Wildman–Crippen MR) is 92.9 cm³/mol. The zero-order valence-corrected chi connectivity index (χ0v) is 13.6. The number of hydrogen-bond donors (Lipinski definition) is 0. The van der Waals surface area contributed by atoms with Crippen molar-refractivity contribution < 1.29 is 13.9 Å². The maximum atomic E-state index is 12.2. The number of benzene rings is 2. The highest BCUT2D eigenvalue weighted by atomic mass is 16.5. The van der Waals surface area contributed by atoms with Gasteiger partial charge < -0.3 is 9.15 Å². The first kappa shape index (κ1) is 16.0. The molecule has 24 heavy (non-hydrogen) atoms. The molecule has 4 heteroatoms. The van der Waals surface area contributed by atoms with Gasteiger partial charge in [-0.25, -0.2) is 0 Å². The van der Waals surface area contributed by atoms with E-state index in [0.29, 0.717) is 16.7 Å². The summed E-state index contributed by atoms with van der Waals surface area (Å²) in [7, 11) is 0. The molecule has 3 aromatic rings. The van der Waals surface area contributed by atoms with Crippen LogP contribution in [-0.2, 0) is 16.0 Å². The van der Waals surface area contributed by atoms with Crippen LogP contribution >= 0.6 is 0 Å². The van der Waals surface area contributed by atoms with Crippen molar-refractivity contribution in [2.45, 2.75) is 26.4 Å². The Morgan fingerprint density at radius 2 is 1.79 bits per heavy atom. The Morgan fingerprint density at radius 1 is 1.08 bits per heavy atom. The molecular weight excluding hydrogens is 304 g/mol. The lowest BCUT2D eigenvalue weighted by Gasteiger charge is -2.08. The van der Waals surface area contributed by atoms with Crippen LogP contribution in [0.2, 0.25) is 0 Å². The lowest BCUT2D eigenvalue weighted by molar-refractivity contribution is -0.146. The molecule has 122 valence electrons. The van der Waals surface area contributed by atoms with Crippen molar-refractivity contribution in [1.82, 2.24) is 0 Å². The van der Waals surface area contributed by atoms with Crippen molar-refractivity contribution in [3.05, 3.63) is 70.4 Å². The van der Waals surface area contributed by atoms with E-state index in [1.807, 2.05) is 50.2 Å². The molecule has 0 aliphatic heterocycles. The smallest absolute Gasteiger partial charge is 0.310 e. The maximum Gasteiger partial charge on any atom is 0.310 e. The number of rotatable bonds is 4. The zero-order valence-electron chi connectivity index (χ0n) is 13.6. The standard InChI is InChI=1S/C20H18O4/c1-13(2)23-20(22)11-14-7-9-15(10-8-14)19-12-17(21)16-5-3-4-6-18(16)24-19/h3-10,12-13H,11H2,1-2H3. The number of fused-ring (bicyclic) bond motifs is 1. The Balaban J connectivity index is 1.86. The van der Waals surface area contributed by atoms with E-state index < -0.39 is 0 Å². The number of carbonyl (C=O) groups is 1. The Bertz CT molecular complexity index is 920. The highest BCUT2D eigenvalue weighted by Gasteiger charge is 2.09. The minimum atomic E-state index is -0.255. The molecule has 1 aromatic heterocycles. The molecule has 0 N–H and O–H groups in total. The van der Waals surface area contributed by atoms with Crippen molar-refractivity contribution in [3.63, 3.8) is 0 Å². The number of carbonyl (C=O) groups excluding carboxylic acids is 1. The molecule has 4 nitrogen and oxygen atoms in total. The number of hydrogen-bond acceptors (Lipinski definition) is 4. The van der Waals surface area contributed by atoms with Gasteiger partial charge in [-0.15, -0.1) is 0 Å². The molecule has 0 radical (unpaired) electrons. The van der Waals surface area contributed by atoms with Gasteiger partial charge in [-0.05, 0) is 31.5 Å². The van der Waals surface area contributed by atoms with Gasteiger partial charge in [0.1, 0.15) is 11.3 Å². The molecule has 0 unspecified atom stereocenters. The molecular formula is C20H18O4. The van der Waals surface area contributed by atoms with Crippen LogP contribution in [0.25, 0.3) is 22.3 Å². The van der Waals surface area contributed by atoms with Crippen molar-refractivity contribution in [1.29, 1.82) is 0 Å². The lowest BCUT2D eigenvalue weighted by atomic mass is 10.1. The molecule has 0 saturated heterocycles. The van der Waals surface area contributed by atoms with E-state index in [-0.39, 0.29) is 23.9 Å². The van der Waals surface area contributed by atoms with E-state index in [4.69, 9.17) is 9.15 Å². The van der Waals surface area contributed by atoms with Gasteiger partial charge in [0.15, 0.2) is 5.43 Å². The molecule has 0 spiro atoms. The molecule has 3 rings (SSSR count). The van der Waals surface area contributed by atoms with Crippen LogP contribution in [0.5, 0.6) is 0 Å². The molecule has 1 heterocycles. The fraction of sp³-hybridized carbons (Fsp3) is 0.200. The van der Waals surface area contributed by atoms with E-state index in [1.54, 1.807) is 12.1 Å². The van der Waals surface area contributed by atoms with Crippen LogP contribution < -0.4 is 5.43 Å². The second-order valence-corrected chi connectivity index (χ2v) is 5.88. The van der Waals surface area contributed by atoms with E-state index in [9.17, 15) is 9.59 Å². The van der Waals surface area contributed by atoms with Gasteiger partial charge in [-0.2, -0.15) is 0 Å². The first-order valence-electron chi connectivity index (χ1n) is 7.84. The summed E-state index contributed by atoms with van der Waals surface area (Å²) < 4.78 is 10.9. The van der Waals surface area contributed by atoms with Crippen molar-refractivity contribution in [3.8, 4) is 11.3 Å². The van der Waals surface area contributed by atoms with E-state index in [2.05, 4.69) is 0 Å². The molecule has 0 fully saturated rings. The summed E-state index contributed by atoms with van der Waals surface area (Å²) in [5.41, 5.74) is 2.13. The normalized spacial score (nSPS) is 11.0. The Kier molecular flexibility index (Phi) is 4.47. The lowest BCUT2D eigenvalue weighted by Crippen LogP contribution is -2.13. The minimum absolute atomic E-state index is 0.0727. The molecule has 0 aliphatic rings. The fourth-order valence-corrected chi connectivity index (χ4v) is 2.50. The van der Waals surface area contributed by atoms with Crippen molar-refractivity contribution >= 4 is 16.9 Å². The second kappa shape index (κ2) is 6.71. The van der Waals surface area contributed by atoms with Crippen molar-refractivity contribution in [2.24, 2.45) is 0 Å². The predicted octanol–water partition coefficient (Wildman–Crippen LogP) is 3.95. The van der Waals surface area contributed by atoms with E-state index >= 15 is 0 Å². The van der Waals surface area contributed by atoms with Gasteiger partial charge in [-0.1, -0.05) is 36.4 Å². The molecule has 2 aromatic carbocycles. The van der Waals surface area contributed by atoms with Gasteiger partial charge >= 0.3 is 5.97 Å². The third-order valence-corrected chi connectivity index (χ3v) is 3.59. The summed E-state index contributed by atoms with van der Waals surface area (Å²) in [6.45, 7) is 3.64. The van der Waals surface area contributed by atoms with E-state index in [1.165, 1.54) is 6.07 Å². The van der Waals surface area contributed by atoms with Gasteiger partial charge in [0.05, 0.1) is 17.9 Å². The third-order valence-electron chi connectivity index (χ3n) is 3.59. The van der Waals surface area contributed by atoms with Gasteiger partial charge in [0.2, 0.25) is 0 Å². The van der Waals surface area contributed by atoms with Crippen LogP contribution in [0.15, 0.2) is 63.8 Å². The van der Waals surface area contributed by atoms with Gasteiger partial charge in [0, 0.05) is 11.6 Å². The average molecular weight is 322 g/mol. The molecule has 0 bridgehead atoms. The summed E-state index contributed by atoms with van der Waals surface area (Å²) in [5, 5.41) is 0.564. The first-order chi connectivity index (χ1) is 11.5. The minimum Gasteiger partial charge on any atom is -0.463 e. The second-order valence-electron chi connectivity index (χ2n) is 5.88. The summed E-state index contributed by atoms with van der Waals surface area (Å²) in [6, 6.07) is 16.0. The van der Waals surface area contributed by atoms with E-state index in [0.717, 1.165) is 11.1 Å². The summed E-state index contributed by atoms with van der Waals surface area (Å²) >= 11 is 0. The van der Waals surface area contributed by atoms with Crippen LogP contribution in [0.4, 0.5) is 0 Å². The van der Waals surface area contributed by atoms with Crippen LogP contribution in [-0.4, -0.2) is 12.1 Å². The summed E-state index contributed by atoms with van der Waals surface area (Å²) in [4.78, 5) is 23.9. The fourth-order valence-electron chi connectivity index (χ4n) is 2.50. The van der Waals surface area contributed by atoms with Crippen LogP contribution in [0.3, 0.4) is 0 Å². The Labute approximate surface area is 139 Å². The quantitative estimate of drug-likeness (QED) is 0.682. The SMILES string of the molecule is CC(C)OC(=O)Cc1ccc(-c2cc(=O)c3ccccc3o2)cc1. The largest absolute Gasteiger partial charge is 0.463 e. The third kappa shape index (κ3) is 3.54. The molecule has 0 amide bonds. The van der Waals surface area contributed by atoms with Crippen molar-refractivity contribution in [2.75, 3.05) is 0 Å². The van der Waals surface area contributed by atoms with Crippen LogP contribution in [0.1, 0.15) is 19.4 Å². The number of para-hydroxylation sites is 1. The molecule has 0 saturated carbocycles. The number of ether oxygens (including phenoxy) is 1. The van der Waals surface area contributed by atoms with Crippen LogP contribution in [0, 0.1) is 0 Å². The summed E-state index contributed by atoms with van der Waals surface area (Å²) in [6.07, 6.45) is 0.101. The topological polar surface area (TPSA) is 56.5 Å². The number of esters is 1. The zero-order chi connectivity index (χ0) is 17.1. The first-order valence-corrected chi connectivity index (χ1v) is 7.84. The van der Waals surface area contributed by atoms with Gasteiger partial charge in [0.25, 0.3) is 0 Å². The Hall–Kier alpha value is -2.88. The van der Waals surface area contributed by atoms with Gasteiger partial charge in [-0.3, -0.25) is 9.59 Å². The molecule has 0 atom stereocenters. The maximum absolute atomic E-state index is 12.2. The Morgan fingerprint density at radius 3 is 2.50 bits per heavy atom. The molecule has 0 aliphatic carbocycles. The average Bonchev–Trinajstić information content (AvgIpc) is 2.54. The summed E-state index contributed by atoms with van der Waals surface area (Å²) in [5.74, 6) is 0.255. The highest BCUT2D eigenvalue weighted by molar-refractivity contribution is 5.78. The highest BCUT2D eigenvalue weighted by Crippen LogP contribution is 2.22.